The molecule has 2 aliphatic rings. The predicted octanol–water partition coefficient (Wildman–Crippen LogP) is 6.69. The van der Waals surface area contributed by atoms with Gasteiger partial charge in [-0.05, 0) is 74.9 Å². The first kappa shape index (κ1) is 27.1. The number of hydroxylamine groups is 1. The Morgan fingerprint density at radius 2 is 1.79 bits per heavy atom. The Morgan fingerprint density at radius 3 is 2.47 bits per heavy atom. The molecule has 1 amide bonds. The smallest absolute Gasteiger partial charge is 0.256 e. The van der Waals surface area contributed by atoms with Crippen LogP contribution in [0.2, 0.25) is 5.02 Å². The number of piperidine rings is 2. The largest absolute Gasteiger partial charge is 0.338 e. The molecule has 0 atom stereocenters. The van der Waals surface area contributed by atoms with Crippen molar-refractivity contribution in [3.63, 3.8) is 0 Å². The quantitative estimate of drug-likeness (QED) is 0.321. The van der Waals surface area contributed by atoms with Crippen molar-refractivity contribution in [2.24, 2.45) is 0 Å². The standard InChI is InChI=1S/C30H34BrClN4O2/c1-3-38-34-27(21-7-9-23(31)10-8-21)22-12-17-36(18-13-22)30(2)14-19-35(20-15-30)29(37)25-6-4-5-24-26(32)11-16-33-28(24)25/h4-11,16,34H,3,12-15,17-20H2,1-2H3. The molecular weight excluding hydrogens is 564 g/mol. The Bertz CT molecular complexity index is 1330. The zero-order valence-electron chi connectivity index (χ0n) is 22.0. The monoisotopic (exact) mass is 596 g/mol. The summed E-state index contributed by atoms with van der Waals surface area (Å²) in [5.74, 6) is 0.0393. The molecule has 3 aromatic rings. The van der Waals surface area contributed by atoms with Crippen molar-refractivity contribution in [2.45, 2.75) is 45.1 Å². The number of benzene rings is 2. The van der Waals surface area contributed by atoms with Gasteiger partial charge in [0.05, 0.1) is 28.4 Å². The number of halogens is 2. The lowest BCUT2D eigenvalue weighted by Gasteiger charge is -2.48. The Balaban J connectivity index is 1.25. The molecule has 0 radical (unpaired) electrons. The van der Waals surface area contributed by atoms with E-state index in [0.29, 0.717) is 22.7 Å². The summed E-state index contributed by atoms with van der Waals surface area (Å²) >= 11 is 9.89. The van der Waals surface area contributed by atoms with E-state index in [1.807, 2.05) is 30.0 Å². The van der Waals surface area contributed by atoms with E-state index in [1.165, 1.54) is 5.57 Å². The van der Waals surface area contributed by atoms with E-state index in [0.717, 1.165) is 73.0 Å². The minimum Gasteiger partial charge on any atom is -0.338 e. The van der Waals surface area contributed by atoms with E-state index in [-0.39, 0.29) is 11.4 Å². The van der Waals surface area contributed by atoms with E-state index in [2.05, 4.69) is 62.5 Å². The average Bonchev–Trinajstić information content (AvgIpc) is 2.94. The number of amides is 1. The van der Waals surface area contributed by atoms with Crippen LogP contribution in [0.1, 0.15) is 55.5 Å². The highest BCUT2D eigenvalue weighted by Crippen LogP contribution is 2.35. The van der Waals surface area contributed by atoms with Gasteiger partial charge in [-0.25, -0.2) is 0 Å². The van der Waals surface area contributed by atoms with E-state index < -0.39 is 0 Å². The molecule has 1 aromatic heterocycles. The molecule has 0 bridgehead atoms. The molecule has 38 heavy (non-hydrogen) atoms. The van der Waals surface area contributed by atoms with Crippen LogP contribution < -0.4 is 5.48 Å². The number of nitrogens with one attached hydrogen (secondary N) is 1. The maximum Gasteiger partial charge on any atom is 0.256 e. The van der Waals surface area contributed by atoms with Crippen molar-refractivity contribution in [3.8, 4) is 0 Å². The molecule has 200 valence electrons. The fraction of sp³-hybridized carbons (Fsp3) is 0.400. The second kappa shape index (κ2) is 11.7. The van der Waals surface area contributed by atoms with Crippen molar-refractivity contribution < 1.29 is 9.63 Å². The number of likely N-dealkylation sites (tertiary alicyclic amines) is 2. The number of nitrogens with zero attached hydrogens (tertiary/aromatic N) is 3. The number of rotatable bonds is 6. The minimum atomic E-state index is 0.0393. The summed E-state index contributed by atoms with van der Waals surface area (Å²) in [4.78, 5) is 28.2. The first-order valence-corrected chi connectivity index (χ1v) is 14.5. The Hall–Kier alpha value is -2.45. The van der Waals surface area contributed by atoms with Crippen LogP contribution in [0.15, 0.2) is 64.8 Å². The second-order valence-electron chi connectivity index (χ2n) is 10.3. The highest BCUT2D eigenvalue weighted by molar-refractivity contribution is 9.10. The third-order valence-corrected chi connectivity index (χ3v) is 8.87. The summed E-state index contributed by atoms with van der Waals surface area (Å²) in [5.41, 5.74) is 8.23. The van der Waals surface area contributed by atoms with Crippen molar-refractivity contribution in [1.82, 2.24) is 20.3 Å². The molecule has 0 spiro atoms. The van der Waals surface area contributed by atoms with Gasteiger partial charge in [-0.1, -0.05) is 51.8 Å². The summed E-state index contributed by atoms with van der Waals surface area (Å²) in [6, 6.07) is 15.8. The van der Waals surface area contributed by atoms with Gasteiger partial charge < -0.3 is 4.90 Å². The van der Waals surface area contributed by atoms with Gasteiger partial charge in [0.2, 0.25) is 0 Å². The van der Waals surface area contributed by atoms with Gasteiger partial charge in [-0.2, -0.15) is 0 Å². The Kier molecular flexibility index (Phi) is 8.38. The van der Waals surface area contributed by atoms with Crippen LogP contribution in [0.25, 0.3) is 16.6 Å². The molecule has 0 aliphatic carbocycles. The molecule has 8 heteroatoms. The van der Waals surface area contributed by atoms with Gasteiger partial charge in [0.1, 0.15) is 0 Å². The number of carbonyl (C=O) groups is 1. The van der Waals surface area contributed by atoms with Gasteiger partial charge in [-0.15, -0.1) is 0 Å². The lowest BCUT2D eigenvalue weighted by molar-refractivity contribution is 0.0257. The molecule has 3 heterocycles. The highest BCUT2D eigenvalue weighted by atomic mass is 79.9. The Labute approximate surface area is 238 Å². The molecular formula is C30H34BrClN4O2. The fourth-order valence-corrected chi connectivity index (χ4v) is 6.13. The third kappa shape index (κ3) is 5.62. The van der Waals surface area contributed by atoms with E-state index >= 15 is 0 Å². The summed E-state index contributed by atoms with van der Waals surface area (Å²) in [7, 11) is 0. The molecule has 0 unspecified atom stereocenters. The summed E-state index contributed by atoms with van der Waals surface area (Å²) in [6.45, 7) is 8.43. The van der Waals surface area contributed by atoms with Crippen LogP contribution in [-0.4, -0.2) is 59.0 Å². The third-order valence-electron chi connectivity index (χ3n) is 8.01. The number of aromatic nitrogens is 1. The normalized spacial score (nSPS) is 18.0. The molecule has 2 aromatic carbocycles. The lowest BCUT2D eigenvalue weighted by Crippen LogP contribution is -2.56. The van der Waals surface area contributed by atoms with Gasteiger partial charge in [0.25, 0.3) is 5.91 Å². The molecule has 2 aliphatic heterocycles. The summed E-state index contributed by atoms with van der Waals surface area (Å²) in [6.07, 6.45) is 5.55. The van der Waals surface area contributed by atoms with Crippen LogP contribution in [0.5, 0.6) is 0 Å². The molecule has 2 fully saturated rings. The predicted molar refractivity (Wildman–Crippen MR) is 157 cm³/mol. The van der Waals surface area contributed by atoms with Gasteiger partial charge in [0, 0.05) is 47.8 Å². The van der Waals surface area contributed by atoms with Crippen LogP contribution in [0.3, 0.4) is 0 Å². The van der Waals surface area contributed by atoms with Crippen molar-refractivity contribution >= 4 is 50.0 Å². The first-order chi connectivity index (χ1) is 18.4. The number of pyridine rings is 1. The van der Waals surface area contributed by atoms with Crippen LogP contribution in [0.4, 0.5) is 0 Å². The maximum atomic E-state index is 13.5. The van der Waals surface area contributed by atoms with Gasteiger partial charge in [-0.3, -0.25) is 25.0 Å². The van der Waals surface area contributed by atoms with Crippen molar-refractivity contribution in [2.75, 3.05) is 32.8 Å². The highest BCUT2D eigenvalue weighted by Gasteiger charge is 2.38. The molecule has 2 saturated heterocycles. The topological polar surface area (TPSA) is 57.7 Å². The molecule has 6 nitrogen and oxygen atoms in total. The lowest BCUT2D eigenvalue weighted by atomic mass is 9.85. The van der Waals surface area contributed by atoms with Crippen molar-refractivity contribution in [1.29, 1.82) is 0 Å². The maximum absolute atomic E-state index is 13.5. The van der Waals surface area contributed by atoms with E-state index in [4.69, 9.17) is 16.4 Å². The van der Waals surface area contributed by atoms with Crippen LogP contribution >= 0.6 is 27.5 Å². The second-order valence-corrected chi connectivity index (χ2v) is 11.6. The van der Waals surface area contributed by atoms with Crippen LogP contribution in [0, 0.1) is 0 Å². The zero-order chi connectivity index (χ0) is 26.7. The van der Waals surface area contributed by atoms with Gasteiger partial charge in [0.15, 0.2) is 0 Å². The first-order valence-electron chi connectivity index (χ1n) is 13.3. The molecule has 0 saturated carbocycles. The van der Waals surface area contributed by atoms with Gasteiger partial charge >= 0.3 is 0 Å². The Morgan fingerprint density at radius 1 is 1.08 bits per heavy atom. The number of para-hydroxylation sites is 1. The number of hydrogen-bond acceptors (Lipinski definition) is 5. The number of fused-ring (bicyclic) bond motifs is 1. The summed E-state index contributed by atoms with van der Waals surface area (Å²) in [5, 5.41) is 1.44. The summed E-state index contributed by atoms with van der Waals surface area (Å²) < 4.78 is 1.06. The SMILES string of the molecule is CCONC(=C1CCN(C2(C)CCN(C(=O)c3cccc4c(Cl)ccnc34)CC2)CC1)c1ccc(Br)cc1. The van der Waals surface area contributed by atoms with E-state index in [9.17, 15) is 4.79 Å². The molecule has 1 N–H and O–H groups in total. The fourth-order valence-electron chi connectivity index (χ4n) is 5.66. The number of carbonyl (C=O) groups excluding carboxylic acids is 1. The average molecular weight is 598 g/mol. The zero-order valence-corrected chi connectivity index (χ0v) is 24.3. The minimum absolute atomic E-state index is 0.0393. The van der Waals surface area contributed by atoms with E-state index in [1.54, 1.807) is 12.3 Å². The van der Waals surface area contributed by atoms with Crippen molar-refractivity contribution in [3.05, 3.63) is 80.9 Å². The molecule has 5 rings (SSSR count). The van der Waals surface area contributed by atoms with Crippen LogP contribution in [-0.2, 0) is 4.84 Å². The number of hydrogen-bond donors (Lipinski definition) is 1.